The summed E-state index contributed by atoms with van der Waals surface area (Å²) >= 11 is 0. The Bertz CT molecular complexity index is 3890. The minimum absolute atomic E-state index is 0.118. The molecule has 0 atom stereocenters. The molecule has 0 fully saturated rings. The highest BCUT2D eigenvalue weighted by molar-refractivity contribution is 6.09. The molecule has 0 N–H and O–H groups in total. The Morgan fingerprint density at radius 3 is 1.51 bits per heavy atom. The Labute approximate surface area is 401 Å². The summed E-state index contributed by atoms with van der Waals surface area (Å²) in [4.78, 5) is 20.5. The number of pyridine rings is 1. The Morgan fingerprint density at radius 1 is 0.304 bits per heavy atom. The van der Waals surface area contributed by atoms with Gasteiger partial charge in [0.2, 0.25) is 0 Å². The highest BCUT2D eigenvalue weighted by Gasteiger charge is 2.37. The van der Waals surface area contributed by atoms with Crippen LogP contribution in [0.2, 0.25) is 0 Å². The molecule has 12 aromatic rings. The predicted octanol–water partition coefficient (Wildman–Crippen LogP) is 16.7. The SMILES string of the molecule is CC1(C)c2ccccc2-c2c1cc(-c1ccc(-c3cc(-c4cccc(-c5ccccn5)c4)cc(-c4nc(-c5ccc6ccccc6c5)nc(-c5ccc6ccccc6c5)n4)c3)cc1)c1ccccc21. The molecule has 10 aromatic carbocycles. The minimum atomic E-state index is -0.118. The van der Waals surface area contributed by atoms with Crippen LogP contribution in [0.15, 0.2) is 231 Å². The molecule has 0 spiro atoms. The Kier molecular flexibility index (Phi) is 9.48. The molecule has 0 saturated heterocycles. The summed E-state index contributed by atoms with van der Waals surface area (Å²) in [5.74, 6) is 1.84. The summed E-state index contributed by atoms with van der Waals surface area (Å²) in [5, 5.41) is 7.15. The number of benzene rings is 10. The van der Waals surface area contributed by atoms with E-state index in [4.69, 9.17) is 19.9 Å². The number of nitrogens with zero attached hydrogens (tertiary/aromatic N) is 4. The second-order valence-corrected chi connectivity index (χ2v) is 18.7. The van der Waals surface area contributed by atoms with E-state index in [1.54, 1.807) is 0 Å². The van der Waals surface area contributed by atoms with Crippen LogP contribution in [-0.4, -0.2) is 19.9 Å². The Morgan fingerprint density at radius 2 is 0.826 bits per heavy atom. The van der Waals surface area contributed by atoms with Crippen molar-refractivity contribution in [3.05, 3.63) is 242 Å². The first kappa shape index (κ1) is 40.4. The van der Waals surface area contributed by atoms with E-state index in [9.17, 15) is 0 Å². The van der Waals surface area contributed by atoms with Gasteiger partial charge in [0, 0.05) is 33.9 Å². The molecule has 0 amide bonds. The maximum Gasteiger partial charge on any atom is 0.164 e. The van der Waals surface area contributed by atoms with Gasteiger partial charge in [0.05, 0.1) is 5.69 Å². The molecule has 2 heterocycles. The lowest BCUT2D eigenvalue weighted by molar-refractivity contribution is 0.661. The fourth-order valence-corrected chi connectivity index (χ4v) is 10.5. The van der Waals surface area contributed by atoms with Crippen molar-refractivity contribution < 1.29 is 0 Å². The van der Waals surface area contributed by atoms with Gasteiger partial charge in [0.1, 0.15) is 0 Å². The smallest absolute Gasteiger partial charge is 0.164 e. The summed E-state index contributed by atoms with van der Waals surface area (Å²) in [5.41, 5.74) is 16.8. The lowest BCUT2D eigenvalue weighted by Gasteiger charge is -2.23. The van der Waals surface area contributed by atoms with Crippen molar-refractivity contribution in [2.75, 3.05) is 0 Å². The number of hydrogen-bond donors (Lipinski definition) is 0. The van der Waals surface area contributed by atoms with E-state index in [1.807, 2.05) is 18.3 Å². The first-order valence-corrected chi connectivity index (χ1v) is 23.6. The molecule has 0 saturated carbocycles. The standard InChI is InChI=1S/C65H44N4/c1-65(2)58-23-10-9-22-56(58)61-55-21-8-7-20-54(55)57(40-59(61)65)44-29-25-43(26-30-44)51-37-52(47-18-13-19-48(34-47)60-24-11-12-33-66-60)39-53(38-51)64-68-62(49-31-27-41-14-3-5-16-45(41)35-49)67-63(69-64)50-32-28-42-15-4-6-17-46(42)36-50/h3-40H,1-2H3. The van der Waals surface area contributed by atoms with E-state index in [2.05, 4.69) is 226 Å². The van der Waals surface area contributed by atoms with E-state index in [1.165, 1.54) is 54.9 Å². The van der Waals surface area contributed by atoms with Gasteiger partial charge in [-0.2, -0.15) is 0 Å². The Balaban J connectivity index is 0.982. The maximum atomic E-state index is 5.31. The highest BCUT2D eigenvalue weighted by Crippen LogP contribution is 2.53. The molecule has 0 radical (unpaired) electrons. The summed E-state index contributed by atoms with van der Waals surface area (Å²) < 4.78 is 0. The molecule has 0 bridgehead atoms. The topological polar surface area (TPSA) is 51.6 Å². The summed E-state index contributed by atoms with van der Waals surface area (Å²) in [6, 6.07) is 80.4. The molecule has 4 nitrogen and oxygen atoms in total. The molecular formula is C65H44N4. The lowest BCUT2D eigenvalue weighted by atomic mass is 9.80. The predicted molar refractivity (Wildman–Crippen MR) is 286 cm³/mol. The van der Waals surface area contributed by atoms with E-state index in [0.717, 1.165) is 61.0 Å². The molecule has 2 aromatic heterocycles. The van der Waals surface area contributed by atoms with Gasteiger partial charge in [-0.1, -0.05) is 184 Å². The largest absolute Gasteiger partial charge is 0.256 e. The number of hydrogen-bond acceptors (Lipinski definition) is 4. The molecule has 1 aliphatic carbocycles. The first-order chi connectivity index (χ1) is 33.9. The zero-order valence-corrected chi connectivity index (χ0v) is 38.2. The van der Waals surface area contributed by atoms with Gasteiger partial charge in [-0.15, -0.1) is 0 Å². The third-order valence-corrected chi connectivity index (χ3v) is 14.1. The van der Waals surface area contributed by atoms with Crippen LogP contribution in [0.4, 0.5) is 0 Å². The van der Waals surface area contributed by atoms with Crippen molar-refractivity contribution in [3.8, 4) is 89.9 Å². The van der Waals surface area contributed by atoms with Crippen LogP contribution < -0.4 is 0 Å². The second kappa shape index (κ2) is 16.2. The van der Waals surface area contributed by atoms with Crippen molar-refractivity contribution in [2.24, 2.45) is 0 Å². The normalized spacial score (nSPS) is 12.6. The van der Waals surface area contributed by atoms with Crippen LogP contribution in [0.25, 0.3) is 122 Å². The third kappa shape index (κ3) is 7.08. The van der Waals surface area contributed by atoms with Crippen molar-refractivity contribution >= 4 is 32.3 Å². The zero-order chi connectivity index (χ0) is 46.1. The number of aromatic nitrogens is 4. The third-order valence-electron chi connectivity index (χ3n) is 14.1. The van der Waals surface area contributed by atoms with Crippen LogP contribution in [-0.2, 0) is 5.41 Å². The van der Waals surface area contributed by atoms with Crippen molar-refractivity contribution in [2.45, 2.75) is 19.3 Å². The molecule has 4 heteroatoms. The summed E-state index contributed by atoms with van der Waals surface area (Å²) in [7, 11) is 0. The maximum absolute atomic E-state index is 5.31. The molecule has 13 rings (SSSR count). The van der Waals surface area contributed by atoms with Crippen LogP contribution in [0.1, 0.15) is 25.0 Å². The molecule has 1 aliphatic rings. The average Bonchev–Trinajstić information content (AvgIpc) is 3.65. The number of fused-ring (bicyclic) bond motifs is 7. The second-order valence-electron chi connectivity index (χ2n) is 18.7. The van der Waals surface area contributed by atoms with Crippen LogP contribution in [0.3, 0.4) is 0 Å². The minimum Gasteiger partial charge on any atom is -0.256 e. The van der Waals surface area contributed by atoms with Crippen LogP contribution >= 0.6 is 0 Å². The monoisotopic (exact) mass is 880 g/mol. The van der Waals surface area contributed by atoms with Gasteiger partial charge < -0.3 is 0 Å². The number of rotatable bonds is 7. The van der Waals surface area contributed by atoms with Gasteiger partial charge in [0.15, 0.2) is 17.5 Å². The molecule has 324 valence electrons. The van der Waals surface area contributed by atoms with Crippen LogP contribution in [0.5, 0.6) is 0 Å². The van der Waals surface area contributed by atoms with Gasteiger partial charge in [-0.05, 0) is 143 Å². The summed E-state index contributed by atoms with van der Waals surface area (Å²) in [6.45, 7) is 4.72. The highest BCUT2D eigenvalue weighted by atomic mass is 15.0. The quantitative estimate of drug-likeness (QED) is 0.160. The van der Waals surface area contributed by atoms with E-state index < -0.39 is 0 Å². The van der Waals surface area contributed by atoms with Crippen molar-refractivity contribution in [1.29, 1.82) is 0 Å². The van der Waals surface area contributed by atoms with E-state index in [-0.39, 0.29) is 5.41 Å². The van der Waals surface area contributed by atoms with Crippen LogP contribution in [0, 0.1) is 0 Å². The van der Waals surface area contributed by atoms with Gasteiger partial charge in [-0.3, -0.25) is 4.98 Å². The summed E-state index contributed by atoms with van der Waals surface area (Å²) in [6.07, 6.45) is 1.84. The lowest BCUT2D eigenvalue weighted by Crippen LogP contribution is -2.15. The van der Waals surface area contributed by atoms with Crippen molar-refractivity contribution in [3.63, 3.8) is 0 Å². The van der Waals surface area contributed by atoms with Crippen molar-refractivity contribution in [1.82, 2.24) is 19.9 Å². The van der Waals surface area contributed by atoms with Gasteiger partial charge in [0.25, 0.3) is 0 Å². The Hall–Kier alpha value is -8.86. The molecule has 69 heavy (non-hydrogen) atoms. The fourth-order valence-electron chi connectivity index (χ4n) is 10.5. The zero-order valence-electron chi connectivity index (χ0n) is 38.2. The molecule has 0 aliphatic heterocycles. The molecular weight excluding hydrogens is 837 g/mol. The average molecular weight is 881 g/mol. The van der Waals surface area contributed by atoms with Gasteiger partial charge in [-0.25, -0.2) is 15.0 Å². The van der Waals surface area contributed by atoms with Gasteiger partial charge >= 0.3 is 0 Å². The fraction of sp³-hybridized carbons (Fsp3) is 0.0462. The molecule has 0 unspecified atom stereocenters. The van der Waals surface area contributed by atoms with E-state index in [0.29, 0.717) is 17.5 Å². The van der Waals surface area contributed by atoms with E-state index >= 15 is 0 Å². The first-order valence-electron chi connectivity index (χ1n) is 23.6.